The lowest BCUT2D eigenvalue weighted by Gasteiger charge is -2.37. The second-order valence-electron chi connectivity index (χ2n) is 5.37. The normalized spacial score (nSPS) is 23.8. The van der Waals surface area contributed by atoms with Crippen LogP contribution in [-0.4, -0.2) is 36.2 Å². The van der Waals surface area contributed by atoms with E-state index < -0.39 is 0 Å². The van der Waals surface area contributed by atoms with Crippen LogP contribution in [-0.2, 0) is 4.79 Å². The van der Waals surface area contributed by atoms with Gasteiger partial charge in [0.15, 0.2) is 0 Å². The van der Waals surface area contributed by atoms with E-state index in [9.17, 15) is 4.79 Å². The summed E-state index contributed by atoms with van der Waals surface area (Å²) in [7, 11) is 0. The number of rotatable bonds is 3. The number of aryl methyl sites for hydroxylation is 2. The van der Waals surface area contributed by atoms with Gasteiger partial charge in [0, 0.05) is 24.9 Å². The van der Waals surface area contributed by atoms with Gasteiger partial charge >= 0.3 is 0 Å². The Morgan fingerprint density at radius 3 is 2.84 bits per heavy atom. The number of aliphatic hydroxyl groups excluding tert-OH is 1. The zero-order chi connectivity index (χ0) is 14.0. The Hall–Kier alpha value is -1.39. The number of carbonyl (C=O) groups is 1. The number of hydrogen-bond donors (Lipinski definition) is 2. The first-order valence-electron chi connectivity index (χ1n) is 6.78. The summed E-state index contributed by atoms with van der Waals surface area (Å²) in [6.07, 6.45) is 0.463. The minimum atomic E-state index is -0.284. The van der Waals surface area contributed by atoms with Crippen molar-refractivity contribution in [1.29, 1.82) is 0 Å². The van der Waals surface area contributed by atoms with E-state index in [1.807, 2.05) is 24.8 Å². The van der Waals surface area contributed by atoms with Crippen molar-refractivity contribution in [2.24, 2.45) is 0 Å². The molecule has 0 bridgehead atoms. The highest BCUT2D eigenvalue weighted by molar-refractivity contribution is 5.98. The Bertz CT molecular complexity index is 473. The predicted octanol–water partition coefficient (Wildman–Crippen LogP) is 1.38. The second-order valence-corrected chi connectivity index (χ2v) is 5.37. The number of amides is 1. The van der Waals surface area contributed by atoms with Crippen molar-refractivity contribution < 1.29 is 9.90 Å². The van der Waals surface area contributed by atoms with Crippen molar-refractivity contribution in [2.75, 3.05) is 18.1 Å². The molecule has 19 heavy (non-hydrogen) atoms. The molecule has 104 valence electrons. The summed E-state index contributed by atoms with van der Waals surface area (Å²) in [4.78, 5) is 14.3. The van der Waals surface area contributed by atoms with Crippen molar-refractivity contribution in [2.45, 2.75) is 39.3 Å². The molecule has 0 aliphatic carbocycles. The summed E-state index contributed by atoms with van der Waals surface area (Å²) in [6, 6.07) is 6.11. The van der Waals surface area contributed by atoms with Crippen molar-refractivity contribution in [3.63, 3.8) is 0 Å². The minimum Gasteiger partial charge on any atom is -0.396 e. The highest BCUT2D eigenvalue weighted by Gasteiger charge is 2.32. The highest BCUT2D eigenvalue weighted by Crippen LogP contribution is 2.24. The number of aliphatic hydroxyl groups is 1. The molecule has 1 amide bonds. The third-order valence-electron chi connectivity index (χ3n) is 3.58. The molecule has 4 heteroatoms. The standard InChI is InChI=1S/C15H22N2O2/c1-10-4-5-11(2)14(8-10)17-9-12(3)16-13(6-7-18)15(17)19/h4-5,8,12-13,16,18H,6-7,9H2,1-3H3. The Morgan fingerprint density at radius 1 is 1.42 bits per heavy atom. The molecule has 1 saturated heterocycles. The van der Waals surface area contributed by atoms with Crippen LogP contribution in [0, 0.1) is 13.8 Å². The van der Waals surface area contributed by atoms with Crippen LogP contribution >= 0.6 is 0 Å². The Kier molecular flexibility index (Phi) is 4.22. The van der Waals surface area contributed by atoms with Gasteiger partial charge in [-0.05, 0) is 44.4 Å². The van der Waals surface area contributed by atoms with Crippen LogP contribution in [0.5, 0.6) is 0 Å². The predicted molar refractivity (Wildman–Crippen MR) is 76.4 cm³/mol. The van der Waals surface area contributed by atoms with Crippen molar-refractivity contribution in [3.05, 3.63) is 29.3 Å². The van der Waals surface area contributed by atoms with E-state index in [0.29, 0.717) is 13.0 Å². The third kappa shape index (κ3) is 2.96. The molecule has 0 aromatic heterocycles. The lowest BCUT2D eigenvalue weighted by atomic mass is 10.0. The molecule has 1 aromatic rings. The van der Waals surface area contributed by atoms with E-state index in [0.717, 1.165) is 16.8 Å². The fraction of sp³-hybridized carbons (Fsp3) is 0.533. The molecule has 0 radical (unpaired) electrons. The lowest BCUT2D eigenvalue weighted by Crippen LogP contribution is -2.59. The van der Waals surface area contributed by atoms with Gasteiger partial charge in [-0.3, -0.25) is 4.79 Å². The summed E-state index contributed by atoms with van der Waals surface area (Å²) in [5, 5.41) is 12.3. The molecule has 2 N–H and O–H groups in total. The zero-order valence-electron chi connectivity index (χ0n) is 11.8. The molecule has 1 aromatic carbocycles. The number of anilines is 1. The first-order chi connectivity index (χ1) is 9.02. The molecule has 2 unspecified atom stereocenters. The van der Waals surface area contributed by atoms with Crippen molar-refractivity contribution in [1.82, 2.24) is 5.32 Å². The Morgan fingerprint density at radius 2 is 2.16 bits per heavy atom. The molecule has 2 atom stereocenters. The maximum absolute atomic E-state index is 12.5. The number of carbonyl (C=O) groups excluding carboxylic acids is 1. The van der Waals surface area contributed by atoms with E-state index in [1.54, 1.807) is 0 Å². The molecular formula is C15H22N2O2. The van der Waals surface area contributed by atoms with E-state index >= 15 is 0 Å². The number of nitrogens with one attached hydrogen (secondary N) is 1. The highest BCUT2D eigenvalue weighted by atomic mass is 16.3. The number of hydrogen-bond acceptors (Lipinski definition) is 3. The first-order valence-corrected chi connectivity index (χ1v) is 6.78. The van der Waals surface area contributed by atoms with E-state index in [4.69, 9.17) is 5.11 Å². The summed E-state index contributed by atoms with van der Waals surface area (Å²) in [5.41, 5.74) is 3.25. The fourth-order valence-electron chi connectivity index (χ4n) is 2.58. The minimum absolute atomic E-state index is 0.0246. The van der Waals surface area contributed by atoms with Crippen LogP contribution < -0.4 is 10.2 Å². The smallest absolute Gasteiger partial charge is 0.244 e. The molecule has 2 rings (SSSR count). The van der Waals surface area contributed by atoms with Crippen LogP contribution in [0.25, 0.3) is 0 Å². The average Bonchev–Trinajstić information content (AvgIpc) is 2.37. The van der Waals surface area contributed by atoms with Gasteiger partial charge < -0.3 is 15.3 Å². The first kappa shape index (κ1) is 14.0. The summed E-state index contributed by atoms with van der Waals surface area (Å²) < 4.78 is 0. The topological polar surface area (TPSA) is 52.6 Å². The second kappa shape index (κ2) is 5.72. The number of benzene rings is 1. The molecule has 1 aliphatic rings. The van der Waals surface area contributed by atoms with Gasteiger partial charge in [-0.25, -0.2) is 0 Å². The summed E-state index contributed by atoms with van der Waals surface area (Å²) in [6.45, 7) is 6.82. The van der Waals surface area contributed by atoms with E-state index in [1.165, 1.54) is 0 Å². The zero-order valence-corrected chi connectivity index (χ0v) is 11.8. The van der Waals surface area contributed by atoms with Crippen molar-refractivity contribution >= 4 is 11.6 Å². The number of piperazine rings is 1. The largest absolute Gasteiger partial charge is 0.396 e. The average molecular weight is 262 g/mol. The van der Waals surface area contributed by atoms with Crippen LogP contribution in [0.2, 0.25) is 0 Å². The van der Waals surface area contributed by atoms with Gasteiger partial charge in [-0.15, -0.1) is 0 Å². The monoisotopic (exact) mass is 262 g/mol. The van der Waals surface area contributed by atoms with E-state index in [2.05, 4.69) is 24.4 Å². The van der Waals surface area contributed by atoms with Crippen LogP contribution in [0.4, 0.5) is 5.69 Å². The fourth-order valence-corrected chi connectivity index (χ4v) is 2.58. The van der Waals surface area contributed by atoms with Gasteiger partial charge in [-0.1, -0.05) is 12.1 Å². The molecule has 0 spiro atoms. The van der Waals surface area contributed by atoms with Gasteiger partial charge in [0.05, 0.1) is 6.04 Å². The molecule has 0 saturated carbocycles. The van der Waals surface area contributed by atoms with Crippen LogP contribution in [0.15, 0.2) is 18.2 Å². The molecule has 1 aliphatic heterocycles. The number of nitrogens with zero attached hydrogens (tertiary/aromatic N) is 1. The quantitative estimate of drug-likeness (QED) is 0.865. The maximum atomic E-state index is 12.5. The van der Waals surface area contributed by atoms with Gasteiger partial charge in [0.2, 0.25) is 5.91 Å². The molecule has 4 nitrogen and oxygen atoms in total. The summed E-state index contributed by atoms with van der Waals surface area (Å²) >= 11 is 0. The molecule has 1 fully saturated rings. The van der Waals surface area contributed by atoms with Gasteiger partial charge in [0.25, 0.3) is 0 Å². The molecule has 1 heterocycles. The molecular weight excluding hydrogens is 240 g/mol. The maximum Gasteiger partial charge on any atom is 0.244 e. The Labute approximate surface area is 114 Å². The van der Waals surface area contributed by atoms with Crippen molar-refractivity contribution in [3.8, 4) is 0 Å². The van der Waals surface area contributed by atoms with Gasteiger partial charge in [0.1, 0.15) is 0 Å². The SMILES string of the molecule is Cc1ccc(C)c(N2CC(C)NC(CCO)C2=O)c1. The third-order valence-corrected chi connectivity index (χ3v) is 3.58. The van der Waals surface area contributed by atoms with Crippen LogP contribution in [0.3, 0.4) is 0 Å². The Balaban J connectivity index is 2.31. The van der Waals surface area contributed by atoms with Gasteiger partial charge in [-0.2, -0.15) is 0 Å². The summed E-state index contributed by atoms with van der Waals surface area (Å²) in [5.74, 6) is 0.0563. The van der Waals surface area contributed by atoms with E-state index in [-0.39, 0.29) is 24.6 Å². The van der Waals surface area contributed by atoms with Crippen LogP contribution in [0.1, 0.15) is 24.5 Å². The lowest BCUT2D eigenvalue weighted by molar-refractivity contribution is -0.122.